The number of rotatable bonds is 6. The molecule has 0 unspecified atom stereocenters. The monoisotopic (exact) mass is 343 g/mol. The number of hydrogen-bond donors (Lipinski definition) is 0. The molecule has 0 aliphatic heterocycles. The van der Waals surface area contributed by atoms with E-state index in [1.807, 2.05) is 31.2 Å². The second-order valence-corrected chi connectivity index (χ2v) is 8.36. The van der Waals surface area contributed by atoms with Gasteiger partial charge in [0.1, 0.15) is 0 Å². The van der Waals surface area contributed by atoms with Gasteiger partial charge in [-0.1, -0.05) is 74.9 Å². The third-order valence-corrected chi connectivity index (χ3v) is 5.36. The molecule has 0 bridgehead atoms. The molecule has 0 saturated heterocycles. The van der Waals surface area contributed by atoms with Crippen molar-refractivity contribution in [2.75, 3.05) is 6.54 Å². The van der Waals surface area contributed by atoms with E-state index in [1.54, 1.807) is 11.8 Å². The summed E-state index contributed by atoms with van der Waals surface area (Å²) in [5.41, 5.74) is 4.84. The molecule has 0 aliphatic rings. The normalized spacial score (nSPS) is 12.8. The molecule has 0 aromatic heterocycles. The SMILES string of the molecule is Cc1ccc([C@@H](C[N+](=O)[O-])SCc2ccc(C(C)(C)C)cc2)cc1. The van der Waals surface area contributed by atoms with Gasteiger partial charge in [0, 0.05) is 10.7 Å². The van der Waals surface area contributed by atoms with Crippen molar-refractivity contribution in [1.82, 2.24) is 0 Å². The van der Waals surface area contributed by atoms with Crippen LogP contribution < -0.4 is 0 Å². The van der Waals surface area contributed by atoms with E-state index < -0.39 is 0 Å². The van der Waals surface area contributed by atoms with Crippen molar-refractivity contribution in [3.63, 3.8) is 0 Å². The van der Waals surface area contributed by atoms with Crippen LogP contribution in [0.2, 0.25) is 0 Å². The summed E-state index contributed by atoms with van der Waals surface area (Å²) in [4.78, 5) is 10.8. The molecule has 0 aliphatic carbocycles. The van der Waals surface area contributed by atoms with Crippen LogP contribution in [-0.4, -0.2) is 11.5 Å². The molecule has 0 amide bonds. The fourth-order valence-corrected chi connectivity index (χ4v) is 3.63. The lowest BCUT2D eigenvalue weighted by Gasteiger charge is -2.19. The van der Waals surface area contributed by atoms with Crippen LogP contribution >= 0.6 is 11.8 Å². The average Bonchev–Trinajstić information content (AvgIpc) is 2.51. The summed E-state index contributed by atoms with van der Waals surface area (Å²) >= 11 is 1.63. The molecule has 0 saturated carbocycles. The minimum Gasteiger partial charge on any atom is -0.264 e. The van der Waals surface area contributed by atoms with Crippen LogP contribution in [0, 0.1) is 17.0 Å². The summed E-state index contributed by atoms with van der Waals surface area (Å²) in [5.74, 6) is 0.775. The van der Waals surface area contributed by atoms with E-state index in [-0.39, 0.29) is 22.1 Å². The first kappa shape index (κ1) is 18.5. The topological polar surface area (TPSA) is 43.1 Å². The van der Waals surface area contributed by atoms with Crippen LogP contribution in [0.15, 0.2) is 48.5 Å². The van der Waals surface area contributed by atoms with Crippen molar-refractivity contribution in [2.45, 2.75) is 44.1 Å². The number of thioether (sulfide) groups is 1. The highest BCUT2D eigenvalue weighted by Crippen LogP contribution is 2.32. The minimum absolute atomic E-state index is 0.0478. The quantitative estimate of drug-likeness (QED) is 0.510. The zero-order chi connectivity index (χ0) is 17.7. The number of aryl methyl sites for hydroxylation is 1. The molecular weight excluding hydrogens is 318 g/mol. The van der Waals surface area contributed by atoms with Gasteiger partial charge in [0.15, 0.2) is 0 Å². The molecule has 0 spiro atoms. The zero-order valence-corrected chi connectivity index (χ0v) is 15.6. The largest absolute Gasteiger partial charge is 0.264 e. The Morgan fingerprint density at radius 1 is 1.04 bits per heavy atom. The highest BCUT2D eigenvalue weighted by Gasteiger charge is 2.19. The van der Waals surface area contributed by atoms with Crippen LogP contribution in [0.3, 0.4) is 0 Å². The van der Waals surface area contributed by atoms with Crippen LogP contribution in [0.5, 0.6) is 0 Å². The smallest absolute Gasteiger partial charge is 0.219 e. The Hall–Kier alpha value is -1.81. The molecule has 2 aromatic rings. The maximum absolute atomic E-state index is 11.0. The standard InChI is InChI=1S/C20H25NO2S/c1-15-5-9-17(10-6-15)19(13-21(22)23)24-14-16-7-11-18(12-8-16)20(2,3)4/h5-12,19H,13-14H2,1-4H3/t19-/m1/s1. The molecule has 0 radical (unpaired) electrons. The first-order valence-corrected chi connectivity index (χ1v) is 9.20. The number of benzene rings is 2. The van der Waals surface area contributed by atoms with Crippen LogP contribution in [0.4, 0.5) is 0 Å². The van der Waals surface area contributed by atoms with E-state index in [0.717, 1.165) is 11.3 Å². The lowest BCUT2D eigenvalue weighted by atomic mass is 9.87. The average molecular weight is 343 g/mol. The van der Waals surface area contributed by atoms with Gasteiger partial charge in [-0.05, 0) is 29.0 Å². The highest BCUT2D eigenvalue weighted by molar-refractivity contribution is 7.98. The maximum Gasteiger partial charge on any atom is 0.219 e. The summed E-state index contributed by atoms with van der Waals surface area (Å²) in [6.07, 6.45) is 0. The fourth-order valence-electron chi connectivity index (χ4n) is 2.47. The fraction of sp³-hybridized carbons (Fsp3) is 0.400. The van der Waals surface area contributed by atoms with Crippen molar-refractivity contribution in [2.24, 2.45) is 0 Å². The molecule has 0 N–H and O–H groups in total. The van der Waals surface area contributed by atoms with E-state index >= 15 is 0 Å². The third kappa shape index (κ3) is 5.38. The van der Waals surface area contributed by atoms with Gasteiger partial charge in [-0.25, -0.2) is 0 Å². The van der Waals surface area contributed by atoms with Gasteiger partial charge < -0.3 is 0 Å². The van der Waals surface area contributed by atoms with Gasteiger partial charge in [-0.3, -0.25) is 10.1 Å². The van der Waals surface area contributed by atoms with E-state index in [2.05, 4.69) is 45.0 Å². The van der Waals surface area contributed by atoms with Gasteiger partial charge in [-0.15, -0.1) is 11.8 Å². The summed E-state index contributed by atoms with van der Waals surface area (Å²) in [7, 11) is 0. The summed E-state index contributed by atoms with van der Waals surface area (Å²) < 4.78 is 0. The lowest BCUT2D eigenvalue weighted by Crippen LogP contribution is -2.11. The molecule has 4 heteroatoms. The van der Waals surface area contributed by atoms with Gasteiger partial charge >= 0.3 is 0 Å². The molecule has 128 valence electrons. The number of nitro groups is 1. The van der Waals surface area contributed by atoms with E-state index in [1.165, 1.54) is 16.7 Å². The van der Waals surface area contributed by atoms with Crippen molar-refractivity contribution >= 4 is 11.8 Å². The summed E-state index contributed by atoms with van der Waals surface area (Å²) in [5, 5.41) is 10.9. The Labute approximate surface area is 148 Å². The van der Waals surface area contributed by atoms with Gasteiger partial charge in [0.25, 0.3) is 0 Å². The summed E-state index contributed by atoms with van der Waals surface area (Å²) in [6.45, 7) is 8.56. The third-order valence-electron chi connectivity index (χ3n) is 4.04. The van der Waals surface area contributed by atoms with Crippen molar-refractivity contribution in [3.05, 3.63) is 80.9 Å². The molecule has 0 heterocycles. The molecule has 0 fully saturated rings. The molecule has 1 atom stereocenters. The van der Waals surface area contributed by atoms with Gasteiger partial charge in [0.05, 0.1) is 5.25 Å². The van der Waals surface area contributed by atoms with Gasteiger partial charge in [-0.2, -0.15) is 0 Å². The predicted octanol–water partition coefficient (Wildman–Crippen LogP) is 5.54. The second-order valence-electron chi connectivity index (χ2n) is 7.17. The van der Waals surface area contributed by atoms with Crippen LogP contribution in [0.1, 0.15) is 48.3 Å². The van der Waals surface area contributed by atoms with Crippen molar-refractivity contribution < 1.29 is 4.92 Å². The highest BCUT2D eigenvalue weighted by atomic mass is 32.2. The summed E-state index contributed by atoms with van der Waals surface area (Å²) in [6, 6.07) is 16.6. The Kier molecular flexibility index (Phi) is 6.05. The van der Waals surface area contributed by atoms with Crippen LogP contribution in [0.25, 0.3) is 0 Å². The molecular formula is C20H25NO2S. The van der Waals surface area contributed by atoms with Crippen molar-refractivity contribution in [1.29, 1.82) is 0 Å². The predicted molar refractivity (Wildman–Crippen MR) is 102 cm³/mol. The number of hydrogen-bond acceptors (Lipinski definition) is 3. The molecule has 2 aromatic carbocycles. The zero-order valence-electron chi connectivity index (χ0n) is 14.8. The molecule has 2 rings (SSSR count). The number of nitrogens with zero attached hydrogens (tertiary/aromatic N) is 1. The van der Waals surface area contributed by atoms with E-state index in [4.69, 9.17) is 0 Å². The molecule has 24 heavy (non-hydrogen) atoms. The second kappa shape index (κ2) is 7.84. The first-order valence-electron chi connectivity index (χ1n) is 8.15. The Bertz CT molecular complexity index is 672. The Morgan fingerprint density at radius 2 is 1.62 bits per heavy atom. The van der Waals surface area contributed by atoms with Crippen LogP contribution in [-0.2, 0) is 11.2 Å². The van der Waals surface area contributed by atoms with E-state index in [0.29, 0.717) is 0 Å². The van der Waals surface area contributed by atoms with E-state index in [9.17, 15) is 10.1 Å². The molecule has 3 nitrogen and oxygen atoms in total. The van der Waals surface area contributed by atoms with Crippen molar-refractivity contribution in [3.8, 4) is 0 Å². The lowest BCUT2D eigenvalue weighted by molar-refractivity contribution is -0.479. The minimum atomic E-state index is -0.222. The Morgan fingerprint density at radius 3 is 2.12 bits per heavy atom. The first-order chi connectivity index (χ1) is 11.3. The Balaban J connectivity index is 2.07. The maximum atomic E-state index is 11.0. The van der Waals surface area contributed by atoms with Gasteiger partial charge in [0.2, 0.25) is 6.54 Å².